The van der Waals surface area contributed by atoms with Gasteiger partial charge in [-0.25, -0.2) is 0 Å². The van der Waals surface area contributed by atoms with Crippen LogP contribution in [0.5, 0.6) is 0 Å². The summed E-state index contributed by atoms with van der Waals surface area (Å²) in [5, 5.41) is 0. The number of nitrogens with one attached hydrogen (secondary N) is 1. The first-order valence-corrected chi connectivity index (χ1v) is 5.12. The molecule has 70 valence electrons. The van der Waals surface area contributed by atoms with Crippen molar-refractivity contribution in [3.8, 4) is 12.3 Å². The molecule has 13 heavy (non-hydrogen) atoms. The van der Waals surface area contributed by atoms with Gasteiger partial charge in [-0.1, -0.05) is 11.6 Å². The third-order valence-electron chi connectivity index (χ3n) is 1.72. The van der Waals surface area contributed by atoms with Crippen molar-refractivity contribution in [3.05, 3.63) is 21.3 Å². The molecular weight excluding hydrogens is 204 g/mol. The number of terminal acetylenes is 1. The topological polar surface area (TPSA) is 38.0 Å². The first-order chi connectivity index (χ1) is 6.27. The van der Waals surface area contributed by atoms with E-state index >= 15 is 0 Å². The Morgan fingerprint density at radius 3 is 2.92 bits per heavy atom. The predicted octanol–water partition coefficient (Wildman–Crippen LogP) is 2.32. The van der Waals surface area contributed by atoms with Gasteiger partial charge in [-0.15, -0.1) is 23.7 Å². The van der Waals surface area contributed by atoms with Crippen molar-refractivity contribution < 1.29 is 0 Å². The summed E-state index contributed by atoms with van der Waals surface area (Å²) in [6.07, 6.45) is 6.72. The molecule has 4 heteroatoms. The van der Waals surface area contributed by atoms with Gasteiger partial charge in [-0.3, -0.25) is 11.3 Å². The molecule has 0 bridgehead atoms. The van der Waals surface area contributed by atoms with Crippen LogP contribution in [0.15, 0.2) is 12.1 Å². The lowest BCUT2D eigenvalue weighted by Gasteiger charge is -2.11. The van der Waals surface area contributed by atoms with Crippen molar-refractivity contribution in [2.24, 2.45) is 5.84 Å². The fourth-order valence-electron chi connectivity index (χ4n) is 1.05. The lowest BCUT2D eigenvalue weighted by atomic mass is 10.1. The summed E-state index contributed by atoms with van der Waals surface area (Å²) in [5.41, 5.74) is 2.72. The lowest BCUT2D eigenvalue weighted by Crippen LogP contribution is -2.27. The molecule has 2 nitrogen and oxygen atoms in total. The van der Waals surface area contributed by atoms with Gasteiger partial charge < -0.3 is 0 Å². The second-order valence-electron chi connectivity index (χ2n) is 2.60. The highest BCUT2D eigenvalue weighted by Crippen LogP contribution is 2.28. The second-order valence-corrected chi connectivity index (χ2v) is 4.35. The van der Waals surface area contributed by atoms with Crippen molar-refractivity contribution >= 4 is 22.9 Å². The fourth-order valence-corrected chi connectivity index (χ4v) is 2.21. The fraction of sp³-hybridized carbons (Fsp3) is 0.333. The molecule has 0 aromatic carbocycles. The SMILES string of the molecule is C#CCCC(NN)c1ccc(Cl)s1. The molecule has 1 unspecified atom stereocenters. The van der Waals surface area contributed by atoms with Crippen LogP contribution >= 0.6 is 22.9 Å². The molecule has 1 atom stereocenters. The average Bonchev–Trinajstić information content (AvgIpc) is 2.54. The molecule has 1 rings (SSSR count). The Labute approximate surface area is 87.1 Å². The maximum atomic E-state index is 5.81. The Morgan fingerprint density at radius 1 is 1.69 bits per heavy atom. The highest BCUT2D eigenvalue weighted by atomic mass is 35.5. The van der Waals surface area contributed by atoms with Crippen LogP contribution in [-0.4, -0.2) is 0 Å². The van der Waals surface area contributed by atoms with E-state index in [1.165, 1.54) is 11.3 Å². The summed E-state index contributed by atoms with van der Waals surface area (Å²) in [6, 6.07) is 3.95. The van der Waals surface area contributed by atoms with Gasteiger partial charge in [0.1, 0.15) is 0 Å². The van der Waals surface area contributed by atoms with Gasteiger partial charge in [-0.05, 0) is 18.6 Å². The number of hydrogen-bond acceptors (Lipinski definition) is 3. The summed E-state index contributed by atoms with van der Waals surface area (Å²) in [6.45, 7) is 0. The van der Waals surface area contributed by atoms with E-state index in [1.54, 1.807) is 0 Å². The largest absolute Gasteiger partial charge is 0.271 e. The van der Waals surface area contributed by atoms with Crippen LogP contribution in [0.1, 0.15) is 23.8 Å². The van der Waals surface area contributed by atoms with E-state index in [-0.39, 0.29) is 6.04 Å². The number of hydrogen-bond donors (Lipinski definition) is 2. The van der Waals surface area contributed by atoms with Crippen molar-refractivity contribution in [1.29, 1.82) is 0 Å². The molecule has 0 aliphatic heterocycles. The Hall–Kier alpha value is -0.530. The van der Waals surface area contributed by atoms with E-state index in [1.807, 2.05) is 12.1 Å². The third-order valence-corrected chi connectivity index (χ3v) is 3.06. The van der Waals surface area contributed by atoms with Crippen LogP contribution in [0, 0.1) is 12.3 Å². The number of hydrazine groups is 1. The maximum Gasteiger partial charge on any atom is 0.0931 e. The highest BCUT2D eigenvalue weighted by molar-refractivity contribution is 7.16. The quantitative estimate of drug-likeness (QED) is 0.459. The molecule has 0 aliphatic carbocycles. The molecule has 0 fully saturated rings. The highest BCUT2D eigenvalue weighted by Gasteiger charge is 2.10. The van der Waals surface area contributed by atoms with Crippen LogP contribution in [0.2, 0.25) is 4.34 Å². The Bertz CT molecular complexity index is 303. The van der Waals surface area contributed by atoms with Gasteiger partial charge in [-0.2, -0.15) is 0 Å². The number of thiophene rings is 1. The van der Waals surface area contributed by atoms with E-state index in [4.69, 9.17) is 23.9 Å². The van der Waals surface area contributed by atoms with Gasteiger partial charge in [0.25, 0.3) is 0 Å². The summed E-state index contributed by atoms with van der Waals surface area (Å²) >= 11 is 7.33. The standard InChI is InChI=1S/C9H11ClN2S/c1-2-3-4-7(12-11)8-5-6-9(10)13-8/h1,5-7,12H,3-4,11H2. The molecular formula is C9H11ClN2S. The average molecular weight is 215 g/mol. The smallest absolute Gasteiger partial charge is 0.0931 e. The van der Waals surface area contributed by atoms with Crippen LogP contribution < -0.4 is 11.3 Å². The van der Waals surface area contributed by atoms with E-state index in [0.29, 0.717) is 6.42 Å². The van der Waals surface area contributed by atoms with E-state index in [9.17, 15) is 0 Å². The number of halogens is 1. The summed E-state index contributed by atoms with van der Waals surface area (Å²) < 4.78 is 0.774. The van der Waals surface area contributed by atoms with Crippen LogP contribution in [0.25, 0.3) is 0 Å². The van der Waals surface area contributed by atoms with Crippen LogP contribution in [-0.2, 0) is 0 Å². The molecule has 0 saturated carbocycles. The van der Waals surface area contributed by atoms with Crippen molar-refractivity contribution in [2.45, 2.75) is 18.9 Å². The molecule has 0 amide bonds. The van der Waals surface area contributed by atoms with Gasteiger partial charge in [0.2, 0.25) is 0 Å². The van der Waals surface area contributed by atoms with E-state index < -0.39 is 0 Å². The maximum absolute atomic E-state index is 5.81. The van der Waals surface area contributed by atoms with Crippen molar-refractivity contribution in [2.75, 3.05) is 0 Å². The Morgan fingerprint density at radius 2 is 2.46 bits per heavy atom. The first-order valence-electron chi connectivity index (χ1n) is 3.92. The lowest BCUT2D eigenvalue weighted by molar-refractivity contribution is 0.532. The zero-order chi connectivity index (χ0) is 9.68. The van der Waals surface area contributed by atoms with E-state index in [2.05, 4.69) is 11.3 Å². The normalized spacial score (nSPS) is 12.4. The van der Waals surface area contributed by atoms with Gasteiger partial charge in [0, 0.05) is 11.3 Å². The minimum atomic E-state index is 0.119. The summed E-state index contributed by atoms with van der Waals surface area (Å²) in [4.78, 5) is 1.13. The van der Waals surface area contributed by atoms with Crippen molar-refractivity contribution in [3.63, 3.8) is 0 Å². The molecule has 0 saturated heterocycles. The second kappa shape index (κ2) is 5.25. The van der Waals surface area contributed by atoms with Gasteiger partial charge in [0.15, 0.2) is 0 Å². The zero-order valence-electron chi connectivity index (χ0n) is 7.09. The summed E-state index contributed by atoms with van der Waals surface area (Å²) in [5.74, 6) is 7.98. The third kappa shape index (κ3) is 3.02. The monoisotopic (exact) mass is 214 g/mol. The van der Waals surface area contributed by atoms with Gasteiger partial charge >= 0.3 is 0 Å². The molecule has 0 spiro atoms. The van der Waals surface area contributed by atoms with Crippen molar-refractivity contribution in [1.82, 2.24) is 5.43 Å². The van der Waals surface area contributed by atoms with Crippen LogP contribution in [0.3, 0.4) is 0 Å². The Kier molecular flexibility index (Phi) is 4.26. The van der Waals surface area contributed by atoms with E-state index in [0.717, 1.165) is 15.6 Å². The molecule has 3 N–H and O–H groups in total. The predicted molar refractivity (Wildman–Crippen MR) is 57.5 cm³/mol. The zero-order valence-corrected chi connectivity index (χ0v) is 8.66. The molecule has 1 heterocycles. The Balaban J connectivity index is 2.62. The van der Waals surface area contributed by atoms with Crippen LogP contribution in [0.4, 0.5) is 0 Å². The van der Waals surface area contributed by atoms with Gasteiger partial charge in [0.05, 0.1) is 10.4 Å². The first kappa shape index (κ1) is 10.6. The minimum absolute atomic E-state index is 0.119. The molecule has 0 radical (unpaired) electrons. The summed E-state index contributed by atoms with van der Waals surface area (Å²) in [7, 11) is 0. The number of nitrogens with two attached hydrogens (primary N) is 1. The number of rotatable bonds is 4. The molecule has 1 aromatic heterocycles. The minimum Gasteiger partial charge on any atom is -0.271 e. The molecule has 1 aromatic rings. The molecule has 0 aliphatic rings.